The lowest BCUT2D eigenvalue weighted by Crippen LogP contribution is -2.26. The Hall–Kier alpha value is -1.58. The highest BCUT2D eigenvalue weighted by Crippen LogP contribution is 2.16. The minimum atomic E-state index is -0.592. The molecule has 0 spiro atoms. The van der Waals surface area contributed by atoms with Gasteiger partial charge in [0.2, 0.25) is 0 Å². The van der Waals surface area contributed by atoms with Gasteiger partial charge in [-0.2, -0.15) is 0 Å². The molecule has 0 amide bonds. The van der Waals surface area contributed by atoms with Crippen LogP contribution < -0.4 is 4.74 Å². The van der Waals surface area contributed by atoms with E-state index in [4.69, 9.17) is 9.47 Å². The van der Waals surface area contributed by atoms with E-state index < -0.39 is 6.10 Å². The molecule has 0 N–H and O–H groups in total. The smallest absolute Gasteiger partial charge is 0.347 e. The van der Waals surface area contributed by atoms with Crippen LogP contribution in [0, 0.1) is 6.92 Å². The fraction of sp³-hybridized carbons (Fsp3) is 0.455. The lowest BCUT2D eigenvalue weighted by atomic mass is 10.3. The molecule has 82 valence electrons. The summed E-state index contributed by atoms with van der Waals surface area (Å²) in [6.07, 6.45) is 2.72. The zero-order chi connectivity index (χ0) is 11.3. The molecule has 0 saturated heterocycles. The third kappa shape index (κ3) is 3.23. The van der Waals surface area contributed by atoms with E-state index in [1.165, 1.54) is 0 Å². The SMILES string of the molecule is CCOC(=O)C(C)Oc1ccncc1C. The molecular formula is C11H15NO3. The predicted octanol–water partition coefficient (Wildman–Crippen LogP) is 1.72. The molecule has 0 radical (unpaired) electrons. The lowest BCUT2D eigenvalue weighted by molar-refractivity contribution is -0.150. The summed E-state index contributed by atoms with van der Waals surface area (Å²) in [5.74, 6) is 0.305. The van der Waals surface area contributed by atoms with Crippen LogP contribution in [-0.4, -0.2) is 23.7 Å². The molecule has 0 aliphatic heterocycles. The minimum Gasteiger partial charge on any atom is -0.479 e. The average molecular weight is 209 g/mol. The van der Waals surface area contributed by atoms with Crippen molar-refractivity contribution in [3.8, 4) is 5.75 Å². The van der Waals surface area contributed by atoms with Gasteiger partial charge < -0.3 is 9.47 Å². The zero-order valence-electron chi connectivity index (χ0n) is 9.19. The normalized spacial score (nSPS) is 11.9. The predicted molar refractivity (Wildman–Crippen MR) is 55.7 cm³/mol. The second kappa shape index (κ2) is 5.34. The van der Waals surface area contributed by atoms with Crippen LogP contribution >= 0.6 is 0 Å². The van der Waals surface area contributed by atoms with Gasteiger partial charge in [-0.15, -0.1) is 0 Å². The number of carbonyl (C=O) groups excluding carboxylic acids is 1. The molecule has 0 bridgehead atoms. The van der Waals surface area contributed by atoms with E-state index in [0.29, 0.717) is 12.4 Å². The first-order chi connectivity index (χ1) is 7.15. The van der Waals surface area contributed by atoms with Gasteiger partial charge in [0.1, 0.15) is 5.75 Å². The minimum absolute atomic E-state index is 0.353. The molecule has 0 aliphatic rings. The highest BCUT2D eigenvalue weighted by molar-refractivity contribution is 5.74. The lowest BCUT2D eigenvalue weighted by Gasteiger charge is -2.14. The van der Waals surface area contributed by atoms with E-state index in [1.54, 1.807) is 32.3 Å². The van der Waals surface area contributed by atoms with Crippen molar-refractivity contribution in [1.82, 2.24) is 4.98 Å². The number of aryl methyl sites for hydroxylation is 1. The van der Waals surface area contributed by atoms with E-state index in [2.05, 4.69) is 4.98 Å². The summed E-state index contributed by atoms with van der Waals surface area (Å²) in [4.78, 5) is 15.2. The van der Waals surface area contributed by atoms with Gasteiger partial charge in [-0.25, -0.2) is 4.79 Å². The van der Waals surface area contributed by atoms with E-state index >= 15 is 0 Å². The summed E-state index contributed by atoms with van der Waals surface area (Å²) < 4.78 is 10.3. The summed E-state index contributed by atoms with van der Waals surface area (Å²) >= 11 is 0. The second-order valence-corrected chi connectivity index (χ2v) is 3.15. The summed E-state index contributed by atoms with van der Waals surface area (Å²) in [5, 5.41) is 0. The Labute approximate surface area is 89.2 Å². The molecule has 0 fully saturated rings. The van der Waals surface area contributed by atoms with Crippen molar-refractivity contribution in [2.75, 3.05) is 6.61 Å². The van der Waals surface area contributed by atoms with Crippen LogP contribution in [-0.2, 0) is 9.53 Å². The molecule has 1 heterocycles. The van der Waals surface area contributed by atoms with Gasteiger partial charge in [0.05, 0.1) is 6.61 Å². The van der Waals surface area contributed by atoms with Gasteiger partial charge in [0.15, 0.2) is 6.10 Å². The molecular weight excluding hydrogens is 194 g/mol. The maximum atomic E-state index is 11.3. The third-order valence-electron chi connectivity index (χ3n) is 1.89. The average Bonchev–Trinajstić information content (AvgIpc) is 2.21. The van der Waals surface area contributed by atoms with Gasteiger partial charge >= 0.3 is 5.97 Å². The number of ether oxygens (including phenoxy) is 2. The number of esters is 1. The van der Waals surface area contributed by atoms with Crippen molar-refractivity contribution in [2.45, 2.75) is 26.9 Å². The third-order valence-corrected chi connectivity index (χ3v) is 1.89. The first-order valence-corrected chi connectivity index (χ1v) is 4.89. The summed E-state index contributed by atoms with van der Waals surface area (Å²) in [6, 6.07) is 1.73. The van der Waals surface area contributed by atoms with E-state index in [1.807, 2.05) is 6.92 Å². The van der Waals surface area contributed by atoms with Crippen molar-refractivity contribution in [1.29, 1.82) is 0 Å². The molecule has 0 aliphatic carbocycles. The van der Waals surface area contributed by atoms with E-state index in [-0.39, 0.29) is 5.97 Å². The monoisotopic (exact) mass is 209 g/mol. The summed E-state index contributed by atoms with van der Waals surface area (Å²) in [6.45, 7) is 5.67. The number of rotatable bonds is 4. The molecule has 1 unspecified atom stereocenters. The van der Waals surface area contributed by atoms with Crippen LogP contribution in [0.25, 0.3) is 0 Å². The van der Waals surface area contributed by atoms with Crippen LogP contribution in [0.5, 0.6) is 5.75 Å². The van der Waals surface area contributed by atoms with Gasteiger partial charge in [-0.1, -0.05) is 0 Å². The fourth-order valence-electron chi connectivity index (χ4n) is 1.09. The molecule has 4 heteroatoms. The first kappa shape index (κ1) is 11.5. The first-order valence-electron chi connectivity index (χ1n) is 4.89. The molecule has 1 rings (SSSR count). The van der Waals surface area contributed by atoms with Gasteiger partial charge in [0, 0.05) is 18.0 Å². The number of nitrogens with zero attached hydrogens (tertiary/aromatic N) is 1. The zero-order valence-corrected chi connectivity index (χ0v) is 9.19. The maximum Gasteiger partial charge on any atom is 0.347 e. The molecule has 0 saturated carbocycles. The van der Waals surface area contributed by atoms with E-state index in [0.717, 1.165) is 5.56 Å². The van der Waals surface area contributed by atoms with Gasteiger partial charge in [0.25, 0.3) is 0 Å². The standard InChI is InChI=1S/C11H15NO3/c1-4-14-11(13)9(3)15-10-5-6-12-7-8(10)2/h5-7,9H,4H2,1-3H3. The highest BCUT2D eigenvalue weighted by Gasteiger charge is 2.16. The quantitative estimate of drug-likeness (QED) is 0.708. The molecule has 4 nitrogen and oxygen atoms in total. The van der Waals surface area contributed by atoms with Crippen LogP contribution in [0.2, 0.25) is 0 Å². The molecule has 1 aromatic rings. The van der Waals surface area contributed by atoms with Crippen molar-refractivity contribution in [3.05, 3.63) is 24.0 Å². The molecule has 1 aromatic heterocycles. The van der Waals surface area contributed by atoms with Gasteiger partial charge in [-0.3, -0.25) is 4.98 Å². The van der Waals surface area contributed by atoms with Crippen molar-refractivity contribution < 1.29 is 14.3 Å². The number of hydrogen-bond acceptors (Lipinski definition) is 4. The van der Waals surface area contributed by atoms with Crippen LogP contribution in [0.15, 0.2) is 18.5 Å². The Balaban J connectivity index is 2.62. The molecule has 1 atom stereocenters. The number of hydrogen-bond donors (Lipinski definition) is 0. The van der Waals surface area contributed by atoms with Crippen LogP contribution in [0.1, 0.15) is 19.4 Å². The molecule has 15 heavy (non-hydrogen) atoms. The Morgan fingerprint density at radius 3 is 2.93 bits per heavy atom. The summed E-state index contributed by atoms with van der Waals surface area (Å²) in [5.41, 5.74) is 0.897. The largest absolute Gasteiger partial charge is 0.479 e. The maximum absolute atomic E-state index is 11.3. The number of aromatic nitrogens is 1. The van der Waals surface area contributed by atoms with Crippen molar-refractivity contribution in [3.63, 3.8) is 0 Å². The Kier molecular flexibility index (Phi) is 4.09. The second-order valence-electron chi connectivity index (χ2n) is 3.15. The number of carbonyl (C=O) groups is 1. The number of pyridine rings is 1. The van der Waals surface area contributed by atoms with Crippen molar-refractivity contribution in [2.24, 2.45) is 0 Å². The van der Waals surface area contributed by atoms with Crippen LogP contribution in [0.4, 0.5) is 0 Å². The molecule has 0 aromatic carbocycles. The Morgan fingerprint density at radius 1 is 1.60 bits per heavy atom. The van der Waals surface area contributed by atoms with Crippen molar-refractivity contribution >= 4 is 5.97 Å². The van der Waals surface area contributed by atoms with E-state index in [9.17, 15) is 4.79 Å². The summed E-state index contributed by atoms with van der Waals surface area (Å²) in [7, 11) is 0. The van der Waals surface area contributed by atoms with Gasteiger partial charge in [-0.05, 0) is 26.8 Å². The Bertz CT molecular complexity index is 338. The highest BCUT2D eigenvalue weighted by atomic mass is 16.6. The Morgan fingerprint density at radius 2 is 2.33 bits per heavy atom. The van der Waals surface area contributed by atoms with Crippen LogP contribution in [0.3, 0.4) is 0 Å². The topological polar surface area (TPSA) is 48.4 Å². The fourth-order valence-corrected chi connectivity index (χ4v) is 1.09.